The molecule has 1 aromatic rings. The Bertz CT molecular complexity index is 683. The second kappa shape index (κ2) is 9.89. The van der Waals surface area contributed by atoms with Crippen molar-refractivity contribution >= 4 is 16.0 Å². The van der Waals surface area contributed by atoms with Crippen LogP contribution in [0.4, 0.5) is 0 Å². The standard InChI is InChI=1S/C18H30N4O3S/c1-19-18(20-11-4-12-25-14-16-5-6-16)21-13-15-7-9-17(10-8-15)26(23,24)22(2)3/h7-10,16H,4-6,11-14H2,1-3H3,(H2,19,20,21). The predicted molar refractivity (Wildman–Crippen MR) is 104 cm³/mol. The van der Waals surface area contributed by atoms with Gasteiger partial charge in [-0.2, -0.15) is 0 Å². The minimum absolute atomic E-state index is 0.292. The summed E-state index contributed by atoms with van der Waals surface area (Å²) in [6.07, 6.45) is 3.57. The Balaban J connectivity index is 1.70. The Labute approximate surface area is 156 Å². The maximum Gasteiger partial charge on any atom is 0.242 e. The highest BCUT2D eigenvalue weighted by Gasteiger charge is 2.20. The Morgan fingerprint density at radius 3 is 2.50 bits per heavy atom. The molecule has 0 unspecified atom stereocenters. The van der Waals surface area contributed by atoms with Gasteiger partial charge < -0.3 is 15.4 Å². The van der Waals surface area contributed by atoms with E-state index in [-0.39, 0.29) is 0 Å². The number of guanidine groups is 1. The van der Waals surface area contributed by atoms with Gasteiger partial charge in [0.05, 0.1) is 4.90 Å². The fourth-order valence-corrected chi connectivity index (χ4v) is 3.21. The molecule has 0 heterocycles. The van der Waals surface area contributed by atoms with E-state index in [1.165, 1.54) is 31.2 Å². The molecular weight excluding hydrogens is 352 g/mol. The molecule has 0 bridgehead atoms. The third-order valence-electron chi connectivity index (χ3n) is 4.19. The molecule has 2 N–H and O–H groups in total. The van der Waals surface area contributed by atoms with E-state index in [1.807, 2.05) is 12.1 Å². The van der Waals surface area contributed by atoms with Gasteiger partial charge in [0, 0.05) is 47.4 Å². The normalized spacial score (nSPS) is 15.3. The summed E-state index contributed by atoms with van der Waals surface area (Å²) < 4.78 is 30.9. The second-order valence-corrected chi connectivity index (χ2v) is 8.81. The van der Waals surface area contributed by atoms with E-state index in [2.05, 4.69) is 15.6 Å². The van der Waals surface area contributed by atoms with Gasteiger partial charge in [-0.25, -0.2) is 12.7 Å². The van der Waals surface area contributed by atoms with Crippen molar-refractivity contribution in [1.82, 2.24) is 14.9 Å². The van der Waals surface area contributed by atoms with Gasteiger partial charge in [0.1, 0.15) is 0 Å². The summed E-state index contributed by atoms with van der Waals surface area (Å²) in [5.41, 5.74) is 0.985. The Kier molecular flexibility index (Phi) is 7.86. The van der Waals surface area contributed by atoms with E-state index in [4.69, 9.17) is 4.74 Å². The number of benzene rings is 1. The molecule has 26 heavy (non-hydrogen) atoms. The second-order valence-electron chi connectivity index (χ2n) is 6.66. The van der Waals surface area contributed by atoms with Gasteiger partial charge in [0.15, 0.2) is 5.96 Å². The summed E-state index contributed by atoms with van der Waals surface area (Å²) in [7, 11) is 1.39. The lowest BCUT2D eigenvalue weighted by atomic mass is 10.2. The number of aliphatic imine (C=N–C) groups is 1. The molecule has 146 valence electrons. The number of nitrogens with zero attached hydrogens (tertiary/aromatic N) is 2. The van der Waals surface area contributed by atoms with Crippen molar-refractivity contribution in [2.24, 2.45) is 10.9 Å². The van der Waals surface area contributed by atoms with Crippen LogP contribution in [0, 0.1) is 5.92 Å². The van der Waals surface area contributed by atoms with Crippen molar-refractivity contribution < 1.29 is 13.2 Å². The van der Waals surface area contributed by atoms with Crippen LogP contribution in [0.3, 0.4) is 0 Å². The van der Waals surface area contributed by atoms with Crippen molar-refractivity contribution in [2.75, 3.05) is 40.9 Å². The molecule has 7 nitrogen and oxygen atoms in total. The maximum atomic E-state index is 12.1. The van der Waals surface area contributed by atoms with Gasteiger partial charge in [0.25, 0.3) is 0 Å². The Hall–Kier alpha value is -1.64. The first-order chi connectivity index (χ1) is 12.4. The first-order valence-corrected chi connectivity index (χ1v) is 10.4. The number of nitrogens with one attached hydrogen (secondary N) is 2. The van der Waals surface area contributed by atoms with Crippen LogP contribution >= 0.6 is 0 Å². The third kappa shape index (κ3) is 6.59. The number of rotatable bonds is 10. The lowest BCUT2D eigenvalue weighted by Gasteiger charge is -2.13. The van der Waals surface area contributed by atoms with Crippen LogP contribution in [0.25, 0.3) is 0 Å². The van der Waals surface area contributed by atoms with Crippen LogP contribution in [0.2, 0.25) is 0 Å². The molecule has 1 aliphatic rings. The van der Waals surface area contributed by atoms with Crippen LogP contribution in [0.1, 0.15) is 24.8 Å². The van der Waals surface area contributed by atoms with Crippen molar-refractivity contribution in [3.05, 3.63) is 29.8 Å². The van der Waals surface area contributed by atoms with Gasteiger partial charge in [0.2, 0.25) is 10.0 Å². The topological polar surface area (TPSA) is 83.0 Å². The van der Waals surface area contributed by atoms with Gasteiger partial charge in [-0.15, -0.1) is 0 Å². The molecule has 1 fully saturated rings. The molecule has 8 heteroatoms. The lowest BCUT2D eigenvalue weighted by molar-refractivity contribution is 0.123. The summed E-state index contributed by atoms with van der Waals surface area (Å²) in [4.78, 5) is 4.48. The van der Waals surface area contributed by atoms with Crippen molar-refractivity contribution in [3.8, 4) is 0 Å². The third-order valence-corrected chi connectivity index (χ3v) is 6.02. The monoisotopic (exact) mass is 382 g/mol. The highest BCUT2D eigenvalue weighted by atomic mass is 32.2. The van der Waals surface area contributed by atoms with E-state index in [1.54, 1.807) is 19.2 Å². The summed E-state index contributed by atoms with van der Waals surface area (Å²) in [5.74, 6) is 1.52. The first kappa shape index (κ1) is 20.7. The summed E-state index contributed by atoms with van der Waals surface area (Å²) in [6.45, 7) is 3.03. The van der Waals surface area contributed by atoms with Crippen LogP contribution in [-0.2, 0) is 21.3 Å². The van der Waals surface area contributed by atoms with Gasteiger partial charge in [-0.05, 0) is 42.9 Å². The molecule has 0 saturated heterocycles. The minimum atomic E-state index is -3.39. The molecule has 0 aromatic heterocycles. The Morgan fingerprint density at radius 1 is 1.23 bits per heavy atom. The molecule has 0 amide bonds. The largest absolute Gasteiger partial charge is 0.381 e. The predicted octanol–water partition coefficient (Wildman–Crippen LogP) is 1.42. The average Bonchev–Trinajstić information content (AvgIpc) is 3.45. The number of hydrogen-bond donors (Lipinski definition) is 2. The summed E-state index contributed by atoms with van der Waals surface area (Å²) >= 11 is 0. The summed E-state index contributed by atoms with van der Waals surface area (Å²) in [6, 6.07) is 6.87. The van der Waals surface area contributed by atoms with E-state index >= 15 is 0 Å². The van der Waals surface area contributed by atoms with E-state index in [0.29, 0.717) is 11.4 Å². The zero-order valence-electron chi connectivity index (χ0n) is 15.9. The van der Waals surface area contributed by atoms with Crippen LogP contribution in [0.5, 0.6) is 0 Å². The Morgan fingerprint density at radius 2 is 1.92 bits per heavy atom. The van der Waals surface area contributed by atoms with Crippen LogP contribution in [0.15, 0.2) is 34.2 Å². The zero-order chi connectivity index (χ0) is 19.0. The van der Waals surface area contributed by atoms with Crippen LogP contribution in [-0.4, -0.2) is 59.6 Å². The van der Waals surface area contributed by atoms with Gasteiger partial charge >= 0.3 is 0 Å². The van der Waals surface area contributed by atoms with E-state index < -0.39 is 10.0 Å². The minimum Gasteiger partial charge on any atom is -0.381 e. The fraction of sp³-hybridized carbons (Fsp3) is 0.611. The van der Waals surface area contributed by atoms with Gasteiger partial charge in [-0.1, -0.05) is 12.1 Å². The van der Waals surface area contributed by atoms with Crippen molar-refractivity contribution in [3.63, 3.8) is 0 Å². The van der Waals surface area contributed by atoms with Crippen molar-refractivity contribution in [2.45, 2.75) is 30.7 Å². The quantitative estimate of drug-likeness (QED) is 0.363. The van der Waals surface area contributed by atoms with E-state index in [9.17, 15) is 8.42 Å². The molecule has 1 saturated carbocycles. The highest BCUT2D eigenvalue weighted by molar-refractivity contribution is 7.89. The van der Waals surface area contributed by atoms with Gasteiger partial charge in [-0.3, -0.25) is 4.99 Å². The number of sulfonamides is 1. The fourth-order valence-electron chi connectivity index (χ4n) is 2.31. The average molecular weight is 383 g/mol. The molecule has 1 aliphatic carbocycles. The molecule has 0 atom stereocenters. The zero-order valence-corrected chi connectivity index (χ0v) is 16.7. The van der Waals surface area contributed by atoms with Crippen LogP contribution < -0.4 is 10.6 Å². The molecule has 0 radical (unpaired) electrons. The smallest absolute Gasteiger partial charge is 0.242 e. The van der Waals surface area contributed by atoms with Crippen molar-refractivity contribution in [1.29, 1.82) is 0 Å². The summed E-state index contributed by atoms with van der Waals surface area (Å²) in [5, 5.41) is 6.47. The molecule has 0 aliphatic heterocycles. The SMILES string of the molecule is CN=C(NCCCOCC1CC1)NCc1ccc(S(=O)(=O)N(C)C)cc1. The molecular formula is C18H30N4O3S. The molecule has 2 rings (SSSR count). The highest BCUT2D eigenvalue weighted by Crippen LogP contribution is 2.28. The lowest BCUT2D eigenvalue weighted by Crippen LogP contribution is -2.37. The molecule has 1 aromatic carbocycles. The molecule has 0 spiro atoms. The maximum absolute atomic E-state index is 12.1. The number of ether oxygens (including phenoxy) is 1. The first-order valence-electron chi connectivity index (χ1n) is 8.97. The van der Waals surface area contributed by atoms with E-state index in [0.717, 1.165) is 43.6 Å². The number of hydrogen-bond acceptors (Lipinski definition) is 4.